The molecule has 1 rings (SSSR count). The van der Waals surface area contributed by atoms with Crippen molar-refractivity contribution in [3.8, 4) is 0 Å². The van der Waals surface area contributed by atoms with Crippen LogP contribution in [0.5, 0.6) is 0 Å². The molecule has 1 amide bonds. The van der Waals surface area contributed by atoms with Gasteiger partial charge < -0.3 is 5.32 Å². The molecule has 0 aliphatic heterocycles. The Balaban J connectivity index is 2.87. The molecule has 100 valence electrons. The third-order valence-corrected chi connectivity index (χ3v) is 4.18. The van der Waals surface area contributed by atoms with Crippen LogP contribution >= 0.6 is 23.4 Å². The number of hydrogen-bond acceptors (Lipinski definition) is 2. The normalized spacial score (nSPS) is 14.0. The number of thioether (sulfide) groups is 1. The van der Waals surface area contributed by atoms with E-state index in [0.29, 0.717) is 5.88 Å². The second kappa shape index (κ2) is 7.05. The number of carbonyl (C=O) groups is 1. The van der Waals surface area contributed by atoms with Crippen molar-refractivity contribution in [3.63, 3.8) is 0 Å². The van der Waals surface area contributed by atoms with Gasteiger partial charge in [-0.2, -0.15) is 0 Å². The maximum atomic E-state index is 12.3. The van der Waals surface area contributed by atoms with Crippen LogP contribution in [0, 0.1) is 0 Å². The summed E-state index contributed by atoms with van der Waals surface area (Å²) in [6.45, 7) is 4.10. The number of carbonyl (C=O) groups excluding carboxylic acids is 1. The lowest BCUT2D eigenvalue weighted by atomic mass is 9.95. The summed E-state index contributed by atoms with van der Waals surface area (Å²) < 4.78 is 0. The molecule has 1 aromatic rings. The summed E-state index contributed by atoms with van der Waals surface area (Å²) in [6, 6.07) is 7.65. The zero-order chi connectivity index (χ0) is 13.6. The van der Waals surface area contributed by atoms with Crippen molar-refractivity contribution >= 4 is 29.3 Å². The second-order valence-corrected chi connectivity index (χ2v) is 5.73. The lowest BCUT2D eigenvalue weighted by Crippen LogP contribution is -2.46. The first-order chi connectivity index (χ1) is 8.56. The molecule has 18 heavy (non-hydrogen) atoms. The fourth-order valence-corrected chi connectivity index (χ4v) is 2.72. The lowest BCUT2D eigenvalue weighted by Gasteiger charge is -2.29. The van der Waals surface area contributed by atoms with Crippen LogP contribution in [0.25, 0.3) is 0 Å². The molecule has 0 aromatic heterocycles. The Hall–Kier alpha value is -0.670. The van der Waals surface area contributed by atoms with Gasteiger partial charge in [-0.1, -0.05) is 19.1 Å². The van der Waals surface area contributed by atoms with E-state index < -0.39 is 0 Å². The van der Waals surface area contributed by atoms with Crippen molar-refractivity contribution in [2.24, 2.45) is 0 Å². The molecule has 0 fully saturated rings. The summed E-state index contributed by atoms with van der Waals surface area (Å²) in [5.41, 5.74) is 0.504. The summed E-state index contributed by atoms with van der Waals surface area (Å²) in [4.78, 5) is 13.3. The Labute approximate surface area is 118 Å². The van der Waals surface area contributed by atoms with E-state index in [0.717, 1.165) is 23.3 Å². The van der Waals surface area contributed by atoms with Crippen LogP contribution in [0.1, 0.15) is 37.0 Å². The molecule has 1 atom stereocenters. The molecule has 0 heterocycles. The van der Waals surface area contributed by atoms with Crippen LogP contribution in [0.4, 0.5) is 0 Å². The van der Waals surface area contributed by atoms with E-state index in [1.807, 2.05) is 37.4 Å². The monoisotopic (exact) mass is 285 g/mol. The molecule has 0 aliphatic rings. The van der Waals surface area contributed by atoms with Crippen LogP contribution in [0.15, 0.2) is 29.2 Å². The molecule has 0 bridgehead atoms. The van der Waals surface area contributed by atoms with Gasteiger partial charge in [-0.25, -0.2) is 0 Å². The molecule has 0 spiro atoms. The van der Waals surface area contributed by atoms with Gasteiger partial charge in [-0.05, 0) is 38.2 Å². The van der Waals surface area contributed by atoms with Gasteiger partial charge in [0, 0.05) is 16.3 Å². The number of benzene rings is 1. The highest BCUT2D eigenvalue weighted by Crippen LogP contribution is 2.22. The SMILES string of the molecule is CCC(C)(CCCl)NC(=O)c1ccccc1SC. The first kappa shape index (κ1) is 15.4. The van der Waals surface area contributed by atoms with Crippen LogP contribution < -0.4 is 5.32 Å². The van der Waals surface area contributed by atoms with Gasteiger partial charge in [-0.3, -0.25) is 4.79 Å². The Kier molecular flexibility index (Phi) is 6.03. The zero-order valence-corrected chi connectivity index (χ0v) is 12.7. The zero-order valence-electron chi connectivity index (χ0n) is 11.1. The first-order valence-electron chi connectivity index (χ1n) is 6.08. The molecule has 0 saturated heterocycles. The maximum absolute atomic E-state index is 12.3. The van der Waals surface area contributed by atoms with Gasteiger partial charge in [0.1, 0.15) is 0 Å². The minimum Gasteiger partial charge on any atom is -0.347 e. The molecule has 1 aromatic carbocycles. The van der Waals surface area contributed by atoms with Gasteiger partial charge in [-0.15, -0.1) is 23.4 Å². The van der Waals surface area contributed by atoms with Gasteiger partial charge in [0.2, 0.25) is 0 Å². The van der Waals surface area contributed by atoms with Crippen molar-refractivity contribution in [2.45, 2.75) is 37.1 Å². The largest absolute Gasteiger partial charge is 0.347 e. The van der Waals surface area contributed by atoms with Crippen molar-refractivity contribution in [1.29, 1.82) is 0 Å². The summed E-state index contributed by atoms with van der Waals surface area (Å²) in [6.07, 6.45) is 3.62. The molecular weight excluding hydrogens is 266 g/mol. The summed E-state index contributed by atoms with van der Waals surface area (Å²) in [5, 5.41) is 3.10. The number of amides is 1. The quantitative estimate of drug-likeness (QED) is 0.634. The molecule has 4 heteroatoms. The fourth-order valence-electron chi connectivity index (χ4n) is 1.71. The third kappa shape index (κ3) is 3.92. The van der Waals surface area contributed by atoms with E-state index in [9.17, 15) is 4.79 Å². The van der Waals surface area contributed by atoms with E-state index in [1.165, 1.54) is 0 Å². The van der Waals surface area contributed by atoms with Crippen molar-refractivity contribution in [1.82, 2.24) is 5.32 Å². The van der Waals surface area contributed by atoms with Crippen LogP contribution in [0.3, 0.4) is 0 Å². The molecule has 0 aliphatic carbocycles. The molecule has 1 N–H and O–H groups in total. The maximum Gasteiger partial charge on any atom is 0.252 e. The molecule has 0 radical (unpaired) electrons. The average Bonchev–Trinajstić information content (AvgIpc) is 2.38. The number of rotatable bonds is 6. The van der Waals surface area contributed by atoms with Crippen LogP contribution in [-0.4, -0.2) is 23.6 Å². The summed E-state index contributed by atoms with van der Waals surface area (Å²) in [7, 11) is 0. The van der Waals surface area contributed by atoms with Gasteiger partial charge in [0.05, 0.1) is 5.56 Å². The van der Waals surface area contributed by atoms with Crippen LogP contribution in [-0.2, 0) is 0 Å². The van der Waals surface area contributed by atoms with Crippen molar-refractivity contribution in [2.75, 3.05) is 12.1 Å². The van der Waals surface area contributed by atoms with E-state index in [-0.39, 0.29) is 11.4 Å². The molecule has 0 saturated carbocycles. The molecule has 2 nitrogen and oxygen atoms in total. The minimum absolute atomic E-state index is 0.0191. The highest BCUT2D eigenvalue weighted by molar-refractivity contribution is 7.98. The highest BCUT2D eigenvalue weighted by atomic mass is 35.5. The van der Waals surface area contributed by atoms with Gasteiger partial charge >= 0.3 is 0 Å². The number of alkyl halides is 1. The van der Waals surface area contributed by atoms with E-state index in [4.69, 9.17) is 11.6 Å². The first-order valence-corrected chi connectivity index (χ1v) is 7.83. The fraction of sp³-hybridized carbons (Fsp3) is 0.500. The number of hydrogen-bond donors (Lipinski definition) is 1. The summed E-state index contributed by atoms with van der Waals surface area (Å²) in [5.74, 6) is 0.531. The number of nitrogens with one attached hydrogen (secondary N) is 1. The number of halogens is 1. The Morgan fingerprint density at radius 3 is 2.67 bits per heavy atom. The van der Waals surface area contributed by atoms with Crippen molar-refractivity contribution in [3.05, 3.63) is 29.8 Å². The Bertz CT molecular complexity index is 411. The topological polar surface area (TPSA) is 29.1 Å². The highest BCUT2D eigenvalue weighted by Gasteiger charge is 2.24. The minimum atomic E-state index is -0.232. The Morgan fingerprint density at radius 2 is 2.11 bits per heavy atom. The standard InChI is InChI=1S/C14H20ClNOS/c1-4-14(2,9-10-15)16-13(17)11-7-5-6-8-12(11)18-3/h5-8H,4,9-10H2,1-3H3,(H,16,17). The van der Waals surface area contributed by atoms with Gasteiger partial charge in [0.15, 0.2) is 0 Å². The van der Waals surface area contributed by atoms with E-state index in [1.54, 1.807) is 11.8 Å². The average molecular weight is 286 g/mol. The lowest BCUT2D eigenvalue weighted by molar-refractivity contribution is 0.0898. The predicted octanol–water partition coefficient (Wildman–Crippen LogP) is 3.94. The predicted molar refractivity (Wildman–Crippen MR) is 79.7 cm³/mol. The second-order valence-electron chi connectivity index (χ2n) is 4.51. The van der Waals surface area contributed by atoms with E-state index >= 15 is 0 Å². The summed E-state index contributed by atoms with van der Waals surface area (Å²) >= 11 is 7.38. The molecule has 1 unspecified atom stereocenters. The van der Waals surface area contributed by atoms with E-state index in [2.05, 4.69) is 12.2 Å². The van der Waals surface area contributed by atoms with Crippen LogP contribution in [0.2, 0.25) is 0 Å². The van der Waals surface area contributed by atoms with Crippen molar-refractivity contribution < 1.29 is 4.79 Å². The Morgan fingerprint density at radius 1 is 1.44 bits per heavy atom. The smallest absolute Gasteiger partial charge is 0.252 e. The molecular formula is C14H20ClNOS. The third-order valence-electron chi connectivity index (χ3n) is 3.19. The van der Waals surface area contributed by atoms with Gasteiger partial charge in [0.25, 0.3) is 5.91 Å².